The van der Waals surface area contributed by atoms with E-state index in [1.807, 2.05) is 6.08 Å². The highest BCUT2D eigenvalue weighted by atomic mass is 15.2. The highest BCUT2D eigenvalue weighted by Crippen LogP contribution is 2.29. The van der Waals surface area contributed by atoms with E-state index in [2.05, 4.69) is 59.4 Å². The van der Waals surface area contributed by atoms with Gasteiger partial charge in [0.05, 0.1) is 6.04 Å². The van der Waals surface area contributed by atoms with Gasteiger partial charge in [-0.2, -0.15) is 0 Å². The molecule has 1 aromatic rings. The molecule has 0 saturated heterocycles. The van der Waals surface area contributed by atoms with E-state index in [4.69, 9.17) is 0 Å². The number of aryl methyl sites for hydroxylation is 1. The fourth-order valence-electron chi connectivity index (χ4n) is 2.40. The Kier molecular flexibility index (Phi) is 2.56. The molecule has 2 heteroatoms. The lowest BCUT2D eigenvalue weighted by Crippen LogP contribution is -2.34. The number of aliphatic imine (C=N–C) groups is 1. The van der Waals surface area contributed by atoms with Crippen molar-refractivity contribution in [3.05, 3.63) is 59.8 Å². The van der Waals surface area contributed by atoms with Crippen LogP contribution in [-0.2, 0) is 0 Å². The van der Waals surface area contributed by atoms with E-state index in [1.54, 1.807) is 0 Å². The molecule has 0 aliphatic carbocycles. The van der Waals surface area contributed by atoms with Gasteiger partial charge in [-0.1, -0.05) is 35.9 Å². The van der Waals surface area contributed by atoms with Crippen molar-refractivity contribution in [1.82, 2.24) is 4.90 Å². The predicted molar refractivity (Wildman–Crippen MR) is 71.0 cm³/mol. The fraction of sp³-hybridized carbons (Fsp3) is 0.267. The third-order valence-corrected chi connectivity index (χ3v) is 3.34. The van der Waals surface area contributed by atoms with Crippen LogP contribution in [0, 0.1) is 6.92 Å². The summed E-state index contributed by atoms with van der Waals surface area (Å²) in [7, 11) is 0. The molecule has 17 heavy (non-hydrogen) atoms. The molecule has 2 nitrogen and oxygen atoms in total. The number of nitrogens with zero attached hydrogens (tertiary/aromatic N) is 2. The number of benzene rings is 1. The molecule has 0 amide bonds. The molecule has 2 aliphatic rings. The van der Waals surface area contributed by atoms with Crippen molar-refractivity contribution in [3.63, 3.8) is 0 Å². The lowest BCUT2D eigenvalue weighted by molar-refractivity contribution is 0.372. The molecule has 0 bridgehead atoms. The van der Waals surface area contributed by atoms with Crippen molar-refractivity contribution in [2.45, 2.75) is 19.4 Å². The van der Waals surface area contributed by atoms with Crippen LogP contribution in [0.4, 0.5) is 0 Å². The molecule has 2 heterocycles. The Balaban J connectivity index is 1.94. The molecule has 0 fully saturated rings. The maximum absolute atomic E-state index is 4.55. The van der Waals surface area contributed by atoms with Crippen LogP contribution < -0.4 is 0 Å². The molecule has 0 spiro atoms. The van der Waals surface area contributed by atoms with Gasteiger partial charge in [0.1, 0.15) is 5.84 Å². The second-order valence-electron chi connectivity index (χ2n) is 4.56. The maximum atomic E-state index is 4.55. The molecule has 1 atom stereocenters. The smallest absolute Gasteiger partial charge is 0.128 e. The first-order valence-corrected chi connectivity index (χ1v) is 6.09. The van der Waals surface area contributed by atoms with E-state index in [-0.39, 0.29) is 0 Å². The third kappa shape index (κ3) is 1.91. The summed E-state index contributed by atoms with van der Waals surface area (Å²) in [6.45, 7) is 3.05. The molecule has 0 saturated carbocycles. The quantitative estimate of drug-likeness (QED) is 0.715. The average Bonchev–Trinajstić information content (AvgIpc) is 2.39. The molecule has 0 radical (unpaired) electrons. The second kappa shape index (κ2) is 4.21. The van der Waals surface area contributed by atoms with Gasteiger partial charge < -0.3 is 4.90 Å². The normalized spacial score (nSPS) is 22.3. The number of amidine groups is 1. The first-order valence-electron chi connectivity index (χ1n) is 6.09. The summed E-state index contributed by atoms with van der Waals surface area (Å²) in [6.07, 6.45) is 9.42. The van der Waals surface area contributed by atoms with Crippen molar-refractivity contribution in [2.75, 3.05) is 6.54 Å². The summed E-state index contributed by atoms with van der Waals surface area (Å²) < 4.78 is 0. The summed E-state index contributed by atoms with van der Waals surface area (Å²) in [4.78, 5) is 6.82. The molecule has 1 aromatic carbocycles. The van der Waals surface area contributed by atoms with Crippen molar-refractivity contribution in [3.8, 4) is 0 Å². The Bertz CT molecular complexity index is 494. The van der Waals surface area contributed by atoms with Gasteiger partial charge in [-0.05, 0) is 31.1 Å². The van der Waals surface area contributed by atoms with Crippen LogP contribution >= 0.6 is 0 Å². The highest BCUT2D eigenvalue weighted by Gasteiger charge is 2.24. The third-order valence-electron chi connectivity index (χ3n) is 3.34. The summed E-state index contributed by atoms with van der Waals surface area (Å²) in [5, 5.41) is 0. The largest absolute Gasteiger partial charge is 0.326 e. The number of allylic oxidation sites excluding steroid dienone is 2. The van der Waals surface area contributed by atoms with Crippen molar-refractivity contribution in [1.29, 1.82) is 0 Å². The van der Waals surface area contributed by atoms with Gasteiger partial charge in [-0.25, -0.2) is 0 Å². The predicted octanol–water partition coefficient (Wildman–Crippen LogP) is 3.22. The lowest BCUT2D eigenvalue weighted by atomic mass is 9.99. The van der Waals surface area contributed by atoms with E-state index < -0.39 is 0 Å². The minimum absolute atomic E-state index is 0.435. The molecule has 0 N–H and O–H groups in total. The Morgan fingerprint density at radius 3 is 2.82 bits per heavy atom. The van der Waals surface area contributed by atoms with E-state index >= 15 is 0 Å². The fourth-order valence-corrected chi connectivity index (χ4v) is 2.40. The van der Waals surface area contributed by atoms with Crippen LogP contribution in [0.15, 0.2) is 53.7 Å². The monoisotopic (exact) mass is 224 g/mol. The lowest BCUT2D eigenvalue weighted by Gasteiger charge is -2.35. The van der Waals surface area contributed by atoms with Gasteiger partial charge in [0.25, 0.3) is 0 Å². The SMILES string of the molecule is Cc1ccc(C2CCN=C3C=CC=CN32)cc1. The standard InChI is InChI=1S/C15H16N2/c1-12-5-7-13(8-6-12)14-9-10-16-15-4-2-3-11-17(14)15/h2-8,11,14H,9-10H2,1H3. The number of fused-ring (bicyclic) bond motifs is 1. The van der Waals surface area contributed by atoms with Gasteiger partial charge in [0.15, 0.2) is 0 Å². The first-order chi connectivity index (χ1) is 8.34. The Labute approximate surface area is 102 Å². The van der Waals surface area contributed by atoms with Gasteiger partial charge in [-0.3, -0.25) is 4.99 Å². The summed E-state index contributed by atoms with van der Waals surface area (Å²) in [6, 6.07) is 9.27. The molecule has 86 valence electrons. The van der Waals surface area contributed by atoms with E-state index in [1.165, 1.54) is 11.1 Å². The van der Waals surface area contributed by atoms with Gasteiger partial charge in [-0.15, -0.1) is 0 Å². The van der Waals surface area contributed by atoms with Crippen LogP contribution in [0.25, 0.3) is 0 Å². The summed E-state index contributed by atoms with van der Waals surface area (Å²) >= 11 is 0. The maximum Gasteiger partial charge on any atom is 0.128 e. The summed E-state index contributed by atoms with van der Waals surface area (Å²) in [5.74, 6) is 1.09. The van der Waals surface area contributed by atoms with E-state index in [0.717, 1.165) is 18.8 Å². The zero-order chi connectivity index (χ0) is 11.7. The number of hydrogen-bond donors (Lipinski definition) is 0. The number of hydrogen-bond acceptors (Lipinski definition) is 2. The first kappa shape index (κ1) is 10.3. The number of rotatable bonds is 1. The zero-order valence-electron chi connectivity index (χ0n) is 10.0. The van der Waals surface area contributed by atoms with Crippen molar-refractivity contribution in [2.24, 2.45) is 4.99 Å². The topological polar surface area (TPSA) is 15.6 Å². The van der Waals surface area contributed by atoms with Crippen molar-refractivity contribution >= 4 is 5.84 Å². The second-order valence-corrected chi connectivity index (χ2v) is 4.56. The molecule has 2 aliphatic heterocycles. The van der Waals surface area contributed by atoms with E-state index in [9.17, 15) is 0 Å². The van der Waals surface area contributed by atoms with Crippen LogP contribution in [-0.4, -0.2) is 17.3 Å². The molecule has 0 aromatic heterocycles. The summed E-state index contributed by atoms with van der Waals surface area (Å²) in [5.41, 5.74) is 2.69. The molecule has 3 rings (SSSR count). The minimum atomic E-state index is 0.435. The minimum Gasteiger partial charge on any atom is -0.326 e. The van der Waals surface area contributed by atoms with Crippen LogP contribution in [0.5, 0.6) is 0 Å². The van der Waals surface area contributed by atoms with Crippen LogP contribution in [0.3, 0.4) is 0 Å². The Hall–Kier alpha value is -1.83. The van der Waals surface area contributed by atoms with Gasteiger partial charge in [0, 0.05) is 12.7 Å². The average molecular weight is 224 g/mol. The molecular weight excluding hydrogens is 208 g/mol. The zero-order valence-corrected chi connectivity index (χ0v) is 10.0. The Morgan fingerprint density at radius 2 is 2.00 bits per heavy atom. The molecule has 1 unspecified atom stereocenters. The van der Waals surface area contributed by atoms with Gasteiger partial charge in [0.2, 0.25) is 0 Å². The molecular formula is C15H16N2. The highest BCUT2D eigenvalue weighted by molar-refractivity contribution is 5.95. The van der Waals surface area contributed by atoms with Crippen LogP contribution in [0.2, 0.25) is 0 Å². The van der Waals surface area contributed by atoms with E-state index in [0.29, 0.717) is 6.04 Å². The van der Waals surface area contributed by atoms with Crippen LogP contribution in [0.1, 0.15) is 23.6 Å². The van der Waals surface area contributed by atoms with Crippen molar-refractivity contribution < 1.29 is 0 Å². The van der Waals surface area contributed by atoms with Gasteiger partial charge >= 0.3 is 0 Å². The Morgan fingerprint density at radius 1 is 1.18 bits per heavy atom.